The lowest BCUT2D eigenvalue weighted by molar-refractivity contribution is 0.488. The van der Waals surface area contributed by atoms with Gasteiger partial charge < -0.3 is 4.42 Å². The van der Waals surface area contributed by atoms with Crippen LogP contribution in [0.1, 0.15) is 5.76 Å². The topological polar surface area (TPSA) is 30.2 Å². The van der Waals surface area contributed by atoms with Crippen molar-refractivity contribution in [3.05, 3.63) is 46.3 Å². The monoisotopic (exact) mass is 178 g/mol. The molecule has 0 saturated carbocycles. The fraction of sp³-hybridized carbons (Fsp3) is 0.100. The number of halogens is 1. The summed E-state index contributed by atoms with van der Waals surface area (Å²) in [5.74, 6) is 0.104. The number of benzene rings is 1. The molecule has 0 fully saturated rings. The Morgan fingerprint density at radius 1 is 1.31 bits per heavy atom. The van der Waals surface area contributed by atoms with Crippen molar-refractivity contribution >= 4 is 10.8 Å². The molecule has 0 atom stereocenters. The van der Waals surface area contributed by atoms with Crippen LogP contribution in [0.15, 0.2) is 33.5 Å². The summed E-state index contributed by atoms with van der Waals surface area (Å²) in [6, 6.07) is 5.77. The van der Waals surface area contributed by atoms with E-state index in [4.69, 9.17) is 4.42 Å². The van der Waals surface area contributed by atoms with Crippen molar-refractivity contribution in [2.24, 2.45) is 0 Å². The minimum absolute atomic E-state index is 0.283. The second-order valence-electron chi connectivity index (χ2n) is 2.88. The molecule has 1 aromatic heterocycles. The molecule has 66 valence electrons. The summed E-state index contributed by atoms with van der Waals surface area (Å²) < 4.78 is 17.6. The molecule has 0 radical (unpaired) electrons. The van der Waals surface area contributed by atoms with Crippen LogP contribution in [0.5, 0.6) is 0 Å². The standard InChI is InChI=1S/C10H7FO2/c1-6-4-7-2-3-8(11)5-9(7)10(12)13-6/h2-5H,1H3. The van der Waals surface area contributed by atoms with Crippen LogP contribution >= 0.6 is 0 Å². The first-order valence-corrected chi connectivity index (χ1v) is 3.87. The molecule has 0 aliphatic carbocycles. The molecular formula is C10H7FO2. The molecule has 0 aliphatic rings. The van der Waals surface area contributed by atoms with Gasteiger partial charge in [0, 0.05) is 0 Å². The first-order valence-electron chi connectivity index (χ1n) is 3.87. The summed E-state index contributed by atoms with van der Waals surface area (Å²) in [6.07, 6.45) is 0. The summed E-state index contributed by atoms with van der Waals surface area (Å²) in [5, 5.41) is 0.987. The second kappa shape index (κ2) is 2.69. The van der Waals surface area contributed by atoms with Gasteiger partial charge in [0.15, 0.2) is 0 Å². The zero-order chi connectivity index (χ0) is 9.42. The van der Waals surface area contributed by atoms with E-state index in [1.165, 1.54) is 12.1 Å². The predicted molar refractivity (Wildman–Crippen MR) is 47.2 cm³/mol. The molecule has 1 aromatic carbocycles. The molecular weight excluding hydrogens is 171 g/mol. The highest BCUT2D eigenvalue weighted by molar-refractivity contribution is 5.81. The summed E-state index contributed by atoms with van der Waals surface area (Å²) in [6.45, 7) is 1.68. The number of aryl methyl sites for hydroxylation is 1. The molecule has 13 heavy (non-hydrogen) atoms. The second-order valence-corrected chi connectivity index (χ2v) is 2.88. The van der Waals surface area contributed by atoms with E-state index < -0.39 is 11.4 Å². The average molecular weight is 178 g/mol. The van der Waals surface area contributed by atoms with Crippen LogP contribution in [-0.4, -0.2) is 0 Å². The molecule has 2 rings (SSSR count). The van der Waals surface area contributed by atoms with Gasteiger partial charge in [-0.1, -0.05) is 6.07 Å². The van der Waals surface area contributed by atoms with Gasteiger partial charge in [-0.2, -0.15) is 0 Å². The first-order chi connectivity index (χ1) is 6.16. The molecule has 0 amide bonds. The lowest BCUT2D eigenvalue weighted by atomic mass is 10.2. The molecule has 2 aromatic rings. The van der Waals surface area contributed by atoms with Gasteiger partial charge in [-0.3, -0.25) is 0 Å². The molecule has 0 aliphatic heterocycles. The molecule has 0 spiro atoms. The van der Waals surface area contributed by atoms with Crippen LogP contribution in [0.25, 0.3) is 10.8 Å². The third-order valence-corrected chi connectivity index (χ3v) is 1.85. The Balaban J connectivity index is 2.95. The van der Waals surface area contributed by atoms with Crippen LogP contribution < -0.4 is 5.63 Å². The molecule has 0 unspecified atom stereocenters. The van der Waals surface area contributed by atoms with Crippen LogP contribution in [0.4, 0.5) is 4.39 Å². The first kappa shape index (κ1) is 7.98. The van der Waals surface area contributed by atoms with Crippen LogP contribution in [-0.2, 0) is 0 Å². The quantitative estimate of drug-likeness (QED) is 0.619. The number of hydrogen-bond donors (Lipinski definition) is 0. The van der Waals surface area contributed by atoms with E-state index in [0.29, 0.717) is 11.1 Å². The Labute approximate surface area is 73.6 Å². The Hall–Kier alpha value is -1.64. The van der Waals surface area contributed by atoms with Crippen LogP contribution in [0.2, 0.25) is 0 Å². The smallest absolute Gasteiger partial charge is 0.343 e. The van der Waals surface area contributed by atoms with E-state index >= 15 is 0 Å². The largest absolute Gasteiger partial charge is 0.428 e. The Morgan fingerprint density at radius 3 is 2.85 bits per heavy atom. The summed E-state index contributed by atoms with van der Waals surface area (Å²) in [4.78, 5) is 11.2. The van der Waals surface area contributed by atoms with Crippen LogP contribution in [0.3, 0.4) is 0 Å². The van der Waals surface area contributed by atoms with Crippen molar-refractivity contribution in [2.45, 2.75) is 6.92 Å². The van der Waals surface area contributed by atoms with Gasteiger partial charge in [0.05, 0.1) is 5.39 Å². The fourth-order valence-electron chi connectivity index (χ4n) is 1.28. The number of fused-ring (bicyclic) bond motifs is 1. The third-order valence-electron chi connectivity index (χ3n) is 1.85. The van der Waals surface area contributed by atoms with E-state index in [0.717, 1.165) is 0 Å². The van der Waals surface area contributed by atoms with Gasteiger partial charge in [-0.25, -0.2) is 9.18 Å². The van der Waals surface area contributed by atoms with Gasteiger partial charge in [-0.05, 0) is 30.5 Å². The number of rotatable bonds is 0. The lowest BCUT2D eigenvalue weighted by Crippen LogP contribution is -2.00. The van der Waals surface area contributed by atoms with Crippen molar-refractivity contribution in [3.8, 4) is 0 Å². The van der Waals surface area contributed by atoms with E-state index in [-0.39, 0.29) is 5.39 Å². The van der Waals surface area contributed by atoms with Crippen molar-refractivity contribution < 1.29 is 8.81 Å². The van der Waals surface area contributed by atoms with E-state index in [2.05, 4.69) is 0 Å². The maximum atomic E-state index is 12.7. The van der Waals surface area contributed by atoms with Crippen molar-refractivity contribution in [3.63, 3.8) is 0 Å². The van der Waals surface area contributed by atoms with E-state index in [1.807, 2.05) is 0 Å². The van der Waals surface area contributed by atoms with Crippen LogP contribution in [0, 0.1) is 12.7 Å². The van der Waals surface area contributed by atoms with Gasteiger partial charge in [0.2, 0.25) is 0 Å². The molecule has 0 saturated heterocycles. The van der Waals surface area contributed by atoms with E-state index in [9.17, 15) is 9.18 Å². The highest BCUT2D eigenvalue weighted by Crippen LogP contribution is 2.12. The van der Waals surface area contributed by atoms with Crippen molar-refractivity contribution in [2.75, 3.05) is 0 Å². The third kappa shape index (κ3) is 1.33. The zero-order valence-electron chi connectivity index (χ0n) is 7.00. The zero-order valence-corrected chi connectivity index (χ0v) is 7.00. The summed E-state index contributed by atoms with van der Waals surface area (Å²) in [7, 11) is 0. The van der Waals surface area contributed by atoms with Gasteiger partial charge >= 0.3 is 5.63 Å². The normalized spacial score (nSPS) is 10.6. The fourth-order valence-corrected chi connectivity index (χ4v) is 1.28. The van der Waals surface area contributed by atoms with Crippen molar-refractivity contribution in [1.82, 2.24) is 0 Å². The molecule has 0 bridgehead atoms. The minimum atomic E-state index is -0.491. The predicted octanol–water partition coefficient (Wildman–Crippen LogP) is 2.24. The molecule has 0 N–H and O–H groups in total. The minimum Gasteiger partial charge on any atom is -0.428 e. The summed E-state index contributed by atoms with van der Waals surface area (Å²) in [5.41, 5.74) is -0.491. The maximum Gasteiger partial charge on any atom is 0.343 e. The maximum absolute atomic E-state index is 12.7. The van der Waals surface area contributed by atoms with Gasteiger partial charge in [0.25, 0.3) is 0 Å². The Kier molecular flexibility index (Phi) is 1.65. The highest BCUT2D eigenvalue weighted by atomic mass is 19.1. The summed E-state index contributed by atoms with van der Waals surface area (Å²) >= 11 is 0. The van der Waals surface area contributed by atoms with E-state index in [1.54, 1.807) is 19.1 Å². The van der Waals surface area contributed by atoms with Gasteiger partial charge in [-0.15, -0.1) is 0 Å². The molecule has 3 heteroatoms. The number of hydrogen-bond acceptors (Lipinski definition) is 2. The Bertz CT molecular complexity index is 514. The molecule has 2 nitrogen and oxygen atoms in total. The highest BCUT2D eigenvalue weighted by Gasteiger charge is 2.02. The van der Waals surface area contributed by atoms with Crippen molar-refractivity contribution in [1.29, 1.82) is 0 Å². The van der Waals surface area contributed by atoms with Gasteiger partial charge in [0.1, 0.15) is 11.6 Å². The Morgan fingerprint density at radius 2 is 2.08 bits per heavy atom. The molecule has 1 heterocycles. The average Bonchev–Trinajstić information content (AvgIpc) is 2.06. The lowest BCUT2D eigenvalue weighted by Gasteiger charge is -1.96. The SMILES string of the molecule is Cc1cc2ccc(F)cc2c(=O)o1.